The van der Waals surface area contributed by atoms with Gasteiger partial charge in [0.25, 0.3) is 0 Å². The topological polar surface area (TPSA) is 72.8 Å². The molecule has 0 bridgehead atoms. The molecule has 0 aromatic rings. The van der Waals surface area contributed by atoms with Crippen LogP contribution >= 0.6 is 0 Å². The van der Waals surface area contributed by atoms with Crippen molar-refractivity contribution in [3.8, 4) is 0 Å². The molecule has 0 heterocycles. The fourth-order valence-electron chi connectivity index (χ4n) is 9.44. The van der Waals surface area contributed by atoms with E-state index in [1.165, 1.54) is 289 Å². The maximum Gasteiger partial charge on any atom is 0.306 e. The Hall–Kier alpha value is -1.10. The SMILES string of the molecule is CCCCCCCCCCCCCCCCCCCCCCCCCCCCCCCCCCCCCCC(=O)OC(CO)COC(=O)CCCCCCCCCCCCCCCC. The monoisotopic (exact) mass is 905 g/mol. The summed E-state index contributed by atoms with van der Waals surface area (Å²) >= 11 is 0. The molecular weight excluding hydrogens is 789 g/mol. The molecule has 0 aliphatic carbocycles. The summed E-state index contributed by atoms with van der Waals surface area (Å²) in [5.74, 6) is -0.566. The molecule has 1 unspecified atom stereocenters. The summed E-state index contributed by atoms with van der Waals surface area (Å²) in [5, 5.41) is 9.63. The Morgan fingerprint density at radius 1 is 0.297 bits per heavy atom. The number of ether oxygens (including phenoxy) is 2. The highest BCUT2D eigenvalue weighted by atomic mass is 16.6. The number of hydrogen-bond donors (Lipinski definition) is 1. The van der Waals surface area contributed by atoms with Gasteiger partial charge in [-0.15, -0.1) is 0 Å². The first-order valence-corrected chi connectivity index (χ1v) is 29.6. The molecule has 0 fully saturated rings. The van der Waals surface area contributed by atoms with Gasteiger partial charge in [0.1, 0.15) is 6.61 Å². The average Bonchev–Trinajstić information content (AvgIpc) is 3.30. The third-order valence-corrected chi connectivity index (χ3v) is 13.9. The molecule has 5 heteroatoms. The van der Waals surface area contributed by atoms with Gasteiger partial charge in [-0.05, 0) is 12.8 Å². The minimum absolute atomic E-state index is 0.0562. The van der Waals surface area contributed by atoms with Crippen LogP contribution in [-0.2, 0) is 19.1 Å². The van der Waals surface area contributed by atoms with Crippen molar-refractivity contribution in [1.82, 2.24) is 0 Å². The van der Waals surface area contributed by atoms with Gasteiger partial charge in [0, 0.05) is 12.8 Å². The second-order valence-corrected chi connectivity index (χ2v) is 20.4. The Balaban J connectivity index is 3.33. The molecule has 0 rings (SSSR count). The van der Waals surface area contributed by atoms with Crippen LogP contribution in [0.5, 0.6) is 0 Å². The molecule has 0 amide bonds. The third kappa shape index (κ3) is 53.5. The van der Waals surface area contributed by atoms with Crippen LogP contribution in [0.15, 0.2) is 0 Å². The van der Waals surface area contributed by atoms with Crippen molar-refractivity contribution in [1.29, 1.82) is 0 Å². The minimum Gasteiger partial charge on any atom is -0.462 e. The zero-order chi connectivity index (χ0) is 46.3. The number of rotatable bonds is 56. The molecule has 0 aliphatic heterocycles. The summed E-state index contributed by atoms with van der Waals surface area (Å²) in [6.45, 7) is 4.20. The number of hydrogen-bond acceptors (Lipinski definition) is 5. The van der Waals surface area contributed by atoms with Gasteiger partial charge in [-0.25, -0.2) is 0 Å². The molecule has 0 spiro atoms. The summed E-state index contributed by atoms with van der Waals surface area (Å²) in [4.78, 5) is 24.4. The van der Waals surface area contributed by atoms with Crippen LogP contribution in [0.3, 0.4) is 0 Å². The van der Waals surface area contributed by atoms with Crippen molar-refractivity contribution < 1.29 is 24.2 Å². The van der Waals surface area contributed by atoms with E-state index in [4.69, 9.17) is 9.47 Å². The van der Waals surface area contributed by atoms with E-state index >= 15 is 0 Å². The number of unbranched alkanes of at least 4 members (excludes halogenated alkanes) is 48. The molecule has 1 atom stereocenters. The van der Waals surface area contributed by atoms with Gasteiger partial charge in [-0.3, -0.25) is 9.59 Å². The Labute approximate surface area is 401 Å². The van der Waals surface area contributed by atoms with Gasteiger partial charge >= 0.3 is 11.9 Å². The Bertz CT molecular complexity index is 891. The van der Waals surface area contributed by atoms with E-state index in [2.05, 4.69) is 13.8 Å². The minimum atomic E-state index is -0.763. The lowest BCUT2D eigenvalue weighted by atomic mass is 10.0. The van der Waals surface area contributed by atoms with E-state index in [9.17, 15) is 14.7 Å². The molecule has 0 saturated carbocycles. The van der Waals surface area contributed by atoms with Gasteiger partial charge in [0.15, 0.2) is 6.10 Å². The third-order valence-electron chi connectivity index (χ3n) is 13.9. The first-order valence-electron chi connectivity index (χ1n) is 29.6. The number of esters is 2. The molecular formula is C59H116O5. The second kappa shape index (κ2) is 56.2. The number of aliphatic hydroxyl groups excluding tert-OH is 1. The van der Waals surface area contributed by atoms with E-state index in [1.807, 2.05) is 0 Å². The van der Waals surface area contributed by atoms with Crippen molar-refractivity contribution in [3.05, 3.63) is 0 Å². The Morgan fingerprint density at radius 3 is 0.688 bits per heavy atom. The Morgan fingerprint density at radius 2 is 0.484 bits per heavy atom. The summed E-state index contributed by atoms with van der Waals surface area (Å²) in [7, 11) is 0. The zero-order valence-electron chi connectivity index (χ0n) is 43.8. The van der Waals surface area contributed by atoms with Crippen LogP contribution in [-0.4, -0.2) is 36.4 Å². The van der Waals surface area contributed by atoms with Crippen LogP contribution in [0.1, 0.15) is 348 Å². The predicted molar refractivity (Wildman–Crippen MR) is 279 cm³/mol. The van der Waals surface area contributed by atoms with Gasteiger partial charge in [0.05, 0.1) is 6.61 Å². The molecule has 0 saturated heterocycles. The van der Waals surface area contributed by atoms with E-state index < -0.39 is 6.10 Å². The van der Waals surface area contributed by atoms with Crippen LogP contribution in [0.4, 0.5) is 0 Å². The van der Waals surface area contributed by atoms with Gasteiger partial charge < -0.3 is 14.6 Å². The number of carbonyl (C=O) groups excluding carboxylic acids is 2. The van der Waals surface area contributed by atoms with Crippen molar-refractivity contribution in [2.24, 2.45) is 0 Å². The summed E-state index contributed by atoms with van der Waals surface area (Å²) < 4.78 is 10.7. The predicted octanol–water partition coefficient (Wildman–Crippen LogP) is 19.8. The molecule has 0 radical (unpaired) electrons. The molecule has 5 nitrogen and oxygen atoms in total. The lowest BCUT2D eigenvalue weighted by molar-refractivity contribution is -0.161. The molecule has 64 heavy (non-hydrogen) atoms. The van der Waals surface area contributed by atoms with Gasteiger partial charge in [-0.2, -0.15) is 0 Å². The smallest absolute Gasteiger partial charge is 0.306 e. The van der Waals surface area contributed by atoms with Crippen molar-refractivity contribution in [2.75, 3.05) is 13.2 Å². The van der Waals surface area contributed by atoms with Crippen LogP contribution in [0.25, 0.3) is 0 Å². The highest BCUT2D eigenvalue weighted by molar-refractivity contribution is 5.70. The zero-order valence-corrected chi connectivity index (χ0v) is 43.8. The normalized spacial score (nSPS) is 12.0. The van der Waals surface area contributed by atoms with E-state index in [0.29, 0.717) is 12.8 Å². The first kappa shape index (κ1) is 62.9. The highest BCUT2D eigenvalue weighted by Crippen LogP contribution is 2.19. The highest BCUT2D eigenvalue weighted by Gasteiger charge is 2.16. The molecule has 0 aromatic heterocycles. The molecule has 0 aliphatic rings. The fourth-order valence-corrected chi connectivity index (χ4v) is 9.44. The average molecular weight is 906 g/mol. The van der Waals surface area contributed by atoms with Crippen LogP contribution in [0.2, 0.25) is 0 Å². The Kier molecular flexibility index (Phi) is 55.3. The van der Waals surface area contributed by atoms with E-state index in [0.717, 1.165) is 32.1 Å². The van der Waals surface area contributed by atoms with Crippen LogP contribution in [0, 0.1) is 0 Å². The quantitative estimate of drug-likeness (QED) is 0.0486. The van der Waals surface area contributed by atoms with E-state index in [1.54, 1.807) is 0 Å². The largest absolute Gasteiger partial charge is 0.462 e. The summed E-state index contributed by atoms with van der Waals surface area (Å²) in [5.41, 5.74) is 0. The molecule has 0 aromatic carbocycles. The lowest BCUT2D eigenvalue weighted by Crippen LogP contribution is -2.28. The first-order chi connectivity index (χ1) is 31.6. The summed E-state index contributed by atoms with van der Waals surface area (Å²) in [6.07, 6.45) is 68.3. The molecule has 382 valence electrons. The van der Waals surface area contributed by atoms with Crippen LogP contribution < -0.4 is 0 Å². The standard InChI is InChI=1S/C59H116O5/c1-3-5-7-9-11-13-15-17-19-20-21-22-23-24-25-26-27-28-29-30-31-32-33-34-35-36-37-38-39-40-42-44-46-48-50-52-54-59(62)64-57(55-60)56-63-58(61)53-51-49-47-45-43-41-18-16-14-12-10-8-6-4-2/h57,60H,3-56H2,1-2H3. The fraction of sp³-hybridized carbons (Fsp3) is 0.966. The number of carbonyl (C=O) groups is 2. The van der Waals surface area contributed by atoms with Crippen molar-refractivity contribution in [3.63, 3.8) is 0 Å². The maximum absolute atomic E-state index is 12.3. The van der Waals surface area contributed by atoms with Crippen molar-refractivity contribution >= 4 is 11.9 Å². The van der Waals surface area contributed by atoms with Gasteiger partial charge in [-0.1, -0.05) is 322 Å². The molecule has 1 N–H and O–H groups in total. The second-order valence-electron chi connectivity index (χ2n) is 20.4. The lowest BCUT2D eigenvalue weighted by Gasteiger charge is -2.15. The van der Waals surface area contributed by atoms with Gasteiger partial charge in [0.2, 0.25) is 0 Å². The maximum atomic E-state index is 12.3. The summed E-state index contributed by atoms with van der Waals surface area (Å²) in [6, 6.07) is 0. The van der Waals surface area contributed by atoms with Crippen molar-refractivity contribution in [2.45, 2.75) is 354 Å². The van der Waals surface area contributed by atoms with E-state index in [-0.39, 0.29) is 25.2 Å². The number of aliphatic hydroxyl groups is 1.